The fourth-order valence-electron chi connectivity index (χ4n) is 6.66. The van der Waals surface area contributed by atoms with Crippen molar-refractivity contribution in [1.29, 1.82) is 0 Å². The zero-order chi connectivity index (χ0) is 60.8. The molecular formula is C59H72N6O21. The summed E-state index contributed by atoms with van der Waals surface area (Å²) in [6.45, 7) is 5.41. The molecule has 3 N–H and O–H groups in total. The third-order valence-corrected chi connectivity index (χ3v) is 10.7. The number of nitrogens with zero attached hydrogens (tertiary/aromatic N) is 3. The van der Waals surface area contributed by atoms with E-state index in [0.717, 1.165) is 5.56 Å². The number of amides is 3. The largest absolute Gasteiger partial charge is 0.460 e. The van der Waals surface area contributed by atoms with Gasteiger partial charge >= 0.3 is 36.2 Å². The Hall–Kier alpha value is -8.51. The van der Waals surface area contributed by atoms with Gasteiger partial charge in [-0.15, -0.1) is 0 Å². The molecule has 0 aliphatic heterocycles. The summed E-state index contributed by atoms with van der Waals surface area (Å²) in [5, 5.41) is 7.85. The highest BCUT2D eigenvalue weighted by molar-refractivity contribution is 5.90. The number of hydrogen-bond donors (Lipinski definition) is 3. The second-order valence-electron chi connectivity index (χ2n) is 17.2. The summed E-state index contributed by atoms with van der Waals surface area (Å²) >= 11 is 0. The van der Waals surface area contributed by atoms with Crippen molar-refractivity contribution in [3.05, 3.63) is 144 Å². The summed E-state index contributed by atoms with van der Waals surface area (Å²) in [5.41, 5.74) is 2.31. The van der Waals surface area contributed by atoms with Crippen LogP contribution in [0.5, 0.6) is 17.2 Å². The maximum atomic E-state index is 12.8. The number of nitrogens with one attached hydrogen (secondary N) is 3. The summed E-state index contributed by atoms with van der Waals surface area (Å²) < 4.78 is 81.1. The van der Waals surface area contributed by atoms with Gasteiger partial charge in [-0.25, -0.2) is 28.8 Å². The van der Waals surface area contributed by atoms with Gasteiger partial charge in [-0.05, 0) is 71.8 Å². The minimum atomic E-state index is -0.786. The first-order chi connectivity index (χ1) is 42.2. The van der Waals surface area contributed by atoms with Crippen LogP contribution in [0.4, 0.5) is 14.4 Å². The average Bonchev–Trinajstić information content (AvgIpc) is 3.67. The molecule has 0 aliphatic rings. The molecule has 0 radical (unpaired) electrons. The molecule has 0 bridgehead atoms. The molecule has 0 unspecified atom stereocenters. The number of esters is 3. The van der Waals surface area contributed by atoms with Crippen LogP contribution in [0.2, 0.25) is 0 Å². The zero-order valence-electron chi connectivity index (χ0n) is 47.5. The lowest BCUT2D eigenvalue weighted by atomic mass is 10.1. The van der Waals surface area contributed by atoms with E-state index in [1.807, 2.05) is 0 Å². The molecule has 5 aromatic rings. The highest BCUT2D eigenvalue weighted by atomic mass is 16.6. The molecule has 3 amide bonds. The predicted octanol–water partition coefficient (Wildman–Crippen LogP) is 5.03. The molecule has 464 valence electrons. The molecule has 86 heavy (non-hydrogen) atoms. The first-order valence-corrected chi connectivity index (χ1v) is 27.4. The Morgan fingerprint density at radius 1 is 0.326 bits per heavy atom. The minimum absolute atomic E-state index is 0.0694. The molecule has 2 aromatic carbocycles. The van der Waals surface area contributed by atoms with Crippen molar-refractivity contribution >= 4 is 48.3 Å². The molecule has 27 heteroatoms. The number of carbonyl (C=O) groups is 6. The average molecular weight is 1200 g/mol. The zero-order valence-corrected chi connectivity index (χ0v) is 47.5. The van der Waals surface area contributed by atoms with E-state index < -0.39 is 36.2 Å². The van der Waals surface area contributed by atoms with Gasteiger partial charge in [0.05, 0.1) is 136 Å². The summed E-state index contributed by atoms with van der Waals surface area (Å²) in [6.07, 6.45) is 10.2. The fraction of sp³-hybridized carbons (Fsp3) is 0.407. The molecule has 27 nitrogen and oxygen atoms in total. The molecule has 0 saturated carbocycles. The monoisotopic (exact) mass is 1200 g/mol. The maximum Gasteiger partial charge on any atom is 0.412 e. The highest BCUT2D eigenvalue weighted by Crippen LogP contribution is 2.25. The number of ether oxygens (including phenoxy) is 15. The highest BCUT2D eigenvalue weighted by Gasteiger charge is 2.13. The lowest BCUT2D eigenvalue weighted by Gasteiger charge is -2.11. The van der Waals surface area contributed by atoms with E-state index in [1.165, 1.54) is 24.7 Å². The van der Waals surface area contributed by atoms with Crippen molar-refractivity contribution in [2.75, 3.05) is 158 Å². The Morgan fingerprint density at radius 3 is 0.930 bits per heavy atom. The first-order valence-electron chi connectivity index (χ1n) is 27.4. The smallest absolute Gasteiger partial charge is 0.412 e. The molecule has 3 aromatic heterocycles. The first kappa shape index (κ1) is 68.3. The molecule has 0 saturated heterocycles. The van der Waals surface area contributed by atoms with Crippen LogP contribution in [0.1, 0.15) is 42.2 Å². The van der Waals surface area contributed by atoms with Gasteiger partial charge in [0, 0.05) is 62.9 Å². The summed E-state index contributed by atoms with van der Waals surface area (Å²) in [5.74, 6) is -1.00. The minimum Gasteiger partial charge on any atom is -0.460 e. The second-order valence-corrected chi connectivity index (χ2v) is 17.2. The number of pyridine rings is 3. The van der Waals surface area contributed by atoms with E-state index in [1.54, 1.807) is 104 Å². The molecule has 0 fully saturated rings. The van der Waals surface area contributed by atoms with Crippen molar-refractivity contribution in [1.82, 2.24) is 30.9 Å². The molecule has 0 atom stereocenters. The van der Waals surface area contributed by atoms with E-state index in [-0.39, 0.29) is 117 Å². The Labute approximate surface area is 497 Å². The van der Waals surface area contributed by atoms with Crippen LogP contribution in [0.15, 0.2) is 116 Å². The predicted molar refractivity (Wildman–Crippen MR) is 305 cm³/mol. The summed E-state index contributed by atoms with van der Waals surface area (Å²) in [4.78, 5) is 85.5. The summed E-state index contributed by atoms with van der Waals surface area (Å²) in [6, 6.07) is 21.0. The van der Waals surface area contributed by atoms with Crippen LogP contribution in [0.25, 0.3) is 12.2 Å². The number of hydrogen-bond acceptors (Lipinski definition) is 24. The standard InChI is InChI=1S/C59H72N6O21/c66-54(48-4-1-13-60-43-48)81-37-34-78-31-28-75-25-22-72-19-16-63-57(69)84-51-11-9-46(10-12-51)7-8-47-40-52(85-58(70)64-17-20-73-23-26-76-29-32-79-35-38-82-55(67)49-5-2-14-61-44-49)42-53(41-47)86-59(71)65-18-21-74-24-27-77-30-33-80-36-39-83-56(68)50-6-3-15-62-45-50/h1-15,40-45H,16-39H2,(H,63,69)(H,64,70)(H,65,71)/b8-7+. The van der Waals surface area contributed by atoms with Gasteiger partial charge in [0.15, 0.2) is 0 Å². The normalized spacial score (nSPS) is 10.9. The lowest BCUT2D eigenvalue weighted by molar-refractivity contribution is 0.000818. The second kappa shape index (κ2) is 44.0. The fourth-order valence-corrected chi connectivity index (χ4v) is 6.66. The van der Waals surface area contributed by atoms with Crippen LogP contribution >= 0.6 is 0 Å². The van der Waals surface area contributed by atoms with Crippen molar-refractivity contribution < 1.29 is 99.8 Å². The molecule has 3 heterocycles. The topological polar surface area (TPSA) is 316 Å². The van der Waals surface area contributed by atoms with Gasteiger partial charge in [0.2, 0.25) is 0 Å². The van der Waals surface area contributed by atoms with Gasteiger partial charge < -0.3 is 87.0 Å². The Kier molecular flexibility index (Phi) is 35.0. The van der Waals surface area contributed by atoms with E-state index in [9.17, 15) is 28.8 Å². The van der Waals surface area contributed by atoms with Crippen molar-refractivity contribution in [3.63, 3.8) is 0 Å². The van der Waals surface area contributed by atoms with Crippen molar-refractivity contribution in [2.45, 2.75) is 0 Å². The van der Waals surface area contributed by atoms with Crippen LogP contribution < -0.4 is 30.2 Å². The van der Waals surface area contributed by atoms with Gasteiger partial charge in [0.1, 0.15) is 37.1 Å². The SMILES string of the molecule is O=C(NCCOCCOCCOCCOC(=O)c1cccnc1)Oc1ccc(/C=C/c2cc(OC(=O)NCCOCCOCCOCCOC(=O)c3cccnc3)cc(OC(=O)NCCOCCOCCOCCOC(=O)c3cccnc3)c2)cc1. The Balaban J connectivity index is 0.953. The van der Waals surface area contributed by atoms with Crippen LogP contribution in [-0.4, -0.2) is 210 Å². The van der Waals surface area contributed by atoms with Crippen molar-refractivity contribution in [3.8, 4) is 17.2 Å². The number of rotatable bonds is 44. The van der Waals surface area contributed by atoms with E-state index in [0.29, 0.717) is 80.9 Å². The van der Waals surface area contributed by atoms with Crippen molar-refractivity contribution in [2.24, 2.45) is 0 Å². The van der Waals surface area contributed by atoms with Gasteiger partial charge in [-0.1, -0.05) is 24.3 Å². The van der Waals surface area contributed by atoms with Gasteiger partial charge in [-0.3, -0.25) is 15.0 Å². The van der Waals surface area contributed by atoms with Crippen LogP contribution in [0.3, 0.4) is 0 Å². The molecule has 0 spiro atoms. The third-order valence-electron chi connectivity index (χ3n) is 10.7. The van der Waals surface area contributed by atoms with Gasteiger partial charge in [0.25, 0.3) is 0 Å². The number of carbonyl (C=O) groups excluding carboxylic acids is 6. The van der Waals surface area contributed by atoms with Crippen LogP contribution in [-0.2, 0) is 56.8 Å². The lowest BCUT2D eigenvalue weighted by Crippen LogP contribution is -2.31. The summed E-state index contributed by atoms with van der Waals surface area (Å²) in [7, 11) is 0. The molecule has 0 aliphatic carbocycles. The van der Waals surface area contributed by atoms with Gasteiger partial charge in [-0.2, -0.15) is 0 Å². The number of aromatic nitrogens is 3. The maximum absolute atomic E-state index is 12.8. The van der Waals surface area contributed by atoms with E-state index in [4.69, 9.17) is 71.1 Å². The molecular weight excluding hydrogens is 1130 g/mol. The van der Waals surface area contributed by atoms with E-state index in [2.05, 4.69) is 30.9 Å². The Morgan fingerprint density at radius 2 is 0.616 bits per heavy atom. The van der Waals surface area contributed by atoms with Crippen LogP contribution in [0, 0.1) is 0 Å². The number of benzene rings is 2. The third kappa shape index (κ3) is 32.0. The Bertz CT molecular complexity index is 2620. The molecule has 5 rings (SSSR count). The van der Waals surface area contributed by atoms with E-state index >= 15 is 0 Å². The quantitative estimate of drug-likeness (QED) is 0.0199.